The van der Waals surface area contributed by atoms with Crippen molar-refractivity contribution in [3.8, 4) is 0 Å². The molecule has 1 aromatic rings. The van der Waals surface area contributed by atoms with Crippen LogP contribution in [0.1, 0.15) is 41.5 Å². The van der Waals surface area contributed by atoms with Crippen LogP contribution in [0.25, 0.3) is 0 Å². The average molecular weight is 393 g/mol. The minimum Gasteiger partial charge on any atom is -0.442 e. The fourth-order valence-corrected chi connectivity index (χ4v) is 2.61. The van der Waals surface area contributed by atoms with Crippen molar-refractivity contribution in [3.05, 3.63) is 18.3 Å². The molecule has 2 rings (SSSR count). The molecule has 1 fully saturated rings. The minimum absolute atomic E-state index is 0.250. The SMILES string of the molecule is CC(C)(C)OC(=O)N1CCN(c2ccc(N)cn2)CCN1C(=O)OC(C)(C)C. The van der Waals surface area contributed by atoms with Gasteiger partial charge in [0.1, 0.15) is 17.0 Å². The molecular weight excluding hydrogens is 362 g/mol. The van der Waals surface area contributed by atoms with Gasteiger partial charge in [0.05, 0.1) is 25.0 Å². The Morgan fingerprint density at radius 2 is 1.36 bits per heavy atom. The largest absolute Gasteiger partial charge is 0.442 e. The molecule has 0 atom stereocenters. The first kappa shape index (κ1) is 21.6. The predicted molar refractivity (Wildman–Crippen MR) is 107 cm³/mol. The summed E-state index contributed by atoms with van der Waals surface area (Å²) in [6, 6.07) is 3.58. The van der Waals surface area contributed by atoms with Gasteiger partial charge in [-0.1, -0.05) is 0 Å². The van der Waals surface area contributed by atoms with Crippen LogP contribution >= 0.6 is 0 Å². The summed E-state index contributed by atoms with van der Waals surface area (Å²) in [4.78, 5) is 31.8. The second kappa shape index (κ2) is 8.12. The summed E-state index contributed by atoms with van der Waals surface area (Å²) in [6.45, 7) is 12.2. The number of amides is 2. The Kier molecular flexibility index (Phi) is 6.26. The summed E-state index contributed by atoms with van der Waals surface area (Å²) in [5.74, 6) is 0.726. The molecule has 0 saturated carbocycles. The van der Waals surface area contributed by atoms with E-state index in [2.05, 4.69) is 4.98 Å². The van der Waals surface area contributed by atoms with Crippen molar-refractivity contribution in [2.75, 3.05) is 36.8 Å². The molecule has 0 aromatic carbocycles. The van der Waals surface area contributed by atoms with E-state index in [9.17, 15) is 9.59 Å². The summed E-state index contributed by atoms with van der Waals surface area (Å²) in [7, 11) is 0. The second-order valence-electron chi connectivity index (χ2n) is 8.64. The summed E-state index contributed by atoms with van der Waals surface area (Å²) in [6.07, 6.45) is 0.397. The van der Waals surface area contributed by atoms with Gasteiger partial charge in [-0.2, -0.15) is 0 Å². The highest BCUT2D eigenvalue weighted by atomic mass is 16.6. The van der Waals surface area contributed by atoms with E-state index in [1.807, 2.05) is 11.0 Å². The molecule has 0 unspecified atom stereocenters. The number of anilines is 2. The van der Waals surface area contributed by atoms with Crippen LogP contribution in [-0.4, -0.2) is 64.6 Å². The number of hydrogen-bond donors (Lipinski definition) is 1. The third kappa shape index (κ3) is 6.17. The highest BCUT2D eigenvalue weighted by molar-refractivity contribution is 5.75. The van der Waals surface area contributed by atoms with Gasteiger partial charge in [0.25, 0.3) is 0 Å². The summed E-state index contributed by atoms with van der Waals surface area (Å²) in [5, 5.41) is 2.60. The number of carbonyl (C=O) groups excluding carboxylic acids is 2. The number of rotatable bonds is 1. The van der Waals surface area contributed by atoms with Crippen molar-refractivity contribution in [2.45, 2.75) is 52.7 Å². The van der Waals surface area contributed by atoms with Crippen LogP contribution in [0.2, 0.25) is 0 Å². The topological polar surface area (TPSA) is 101 Å². The quantitative estimate of drug-likeness (QED) is 0.783. The lowest BCUT2D eigenvalue weighted by atomic mass is 10.2. The van der Waals surface area contributed by atoms with Gasteiger partial charge in [-0.3, -0.25) is 0 Å². The molecular formula is C19H31N5O4. The normalized spacial score (nSPS) is 15.9. The first-order valence-corrected chi connectivity index (χ1v) is 9.33. The molecule has 28 heavy (non-hydrogen) atoms. The number of nitrogen functional groups attached to an aromatic ring is 1. The molecule has 156 valence electrons. The smallest absolute Gasteiger partial charge is 0.429 e. The molecule has 1 aliphatic rings. The number of nitrogens with two attached hydrogens (primary N) is 1. The van der Waals surface area contributed by atoms with E-state index >= 15 is 0 Å². The van der Waals surface area contributed by atoms with Gasteiger partial charge in [0, 0.05) is 13.1 Å². The van der Waals surface area contributed by atoms with Gasteiger partial charge < -0.3 is 20.1 Å². The van der Waals surface area contributed by atoms with Crippen LogP contribution in [0.4, 0.5) is 21.1 Å². The fraction of sp³-hybridized carbons (Fsp3) is 0.632. The Bertz CT molecular complexity index is 656. The molecule has 0 bridgehead atoms. The highest BCUT2D eigenvalue weighted by Gasteiger charge is 2.35. The number of pyridine rings is 1. The van der Waals surface area contributed by atoms with Gasteiger partial charge in [-0.15, -0.1) is 0 Å². The van der Waals surface area contributed by atoms with E-state index in [1.54, 1.807) is 53.8 Å². The summed E-state index contributed by atoms with van der Waals surface area (Å²) in [5.41, 5.74) is 4.92. The molecule has 1 aliphatic heterocycles. The minimum atomic E-state index is -0.679. The Hall–Kier alpha value is -2.71. The monoisotopic (exact) mass is 393 g/mol. The van der Waals surface area contributed by atoms with E-state index in [0.717, 1.165) is 5.82 Å². The van der Waals surface area contributed by atoms with Gasteiger partial charge in [-0.05, 0) is 53.7 Å². The third-order valence-corrected chi connectivity index (χ3v) is 3.76. The number of ether oxygens (including phenoxy) is 2. The van der Waals surface area contributed by atoms with E-state index in [1.165, 1.54) is 10.0 Å². The van der Waals surface area contributed by atoms with Crippen LogP contribution in [0.5, 0.6) is 0 Å². The van der Waals surface area contributed by atoms with E-state index in [0.29, 0.717) is 18.8 Å². The lowest BCUT2D eigenvalue weighted by molar-refractivity contribution is -0.0572. The van der Waals surface area contributed by atoms with Crippen LogP contribution in [0.15, 0.2) is 18.3 Å². The van der Waals surface area contributed by atoms with Gasteiger partial charge in [-0.25, -0.2) is 24.6 Å². The standard InChI is InChI=1S/C19H31N5O4/c1-18(2,3)27-16(25)23-11-9-22(15-8-7-14(20)13-21-15)10-12-24(23)17(26)28-19(4,5)6/h7-8,13H,9-12,20H2,1-6H3. The first-order chi connectivity index (χ1) is 12.9. The number of aromatic nitrogens is 1. The molecule has 0 radical (unpaired) electrons. The molecule has 9 nitrogen and oxygen atoms in total. The molecule has 9 heteroatoms. The van der Waals surface area contributed by atoms with Crippen molar-refractivity contribution in [3.63, 3.8) is 0 Å². The second-order valence-corrected chi connectivity index (χ2v) is 8.64. The molecule has 0 aliphatic carbocycles. The molecule has 2 amide bonds. The van der Waals surface area contributed by atoms with Crippen molar-refractivity contribution in [1.82, 2.24) is 15.0 Å². The van der Waals surface area contributed by atoms with Crippen molar-refractivity contribution >= 4 is 23.7 Å². The van der Waals surface area contributed by atoms with Gasteiger partial charge >= 0.3 is 12.2 Å². The number of hydrazine groups is 1. The average Bonchev–Trinajstić information content (AvgIpc) is 2.75. The third-order valence-electron chi connectivity index (χ3n) is 3.76. The zero-order chi connectivity index (χ0) is 21.1. The fourth-order valence-electron chi connectivity index (χ4n) is 2.61. The maximum absolute atomic E-state index is 12.7. The number of hydrogen-bond acceptors (Lipinski definition) is 7. The zero-order valence-corrected chi connectivity index (χ0v) is 17.6. The van der Waals surface area contributed by atoms with Crippen LogP contribution in [-0.2, 0) is 9.47 Å². The summed E-state index contributed by atoms with van der Waals surface area (Å²) >= 11 is 0. The van der Waals surface area contributed by atoms with E-state index < -0.39 is 23.4 Å². The zero-order valence-electron chi connectivity index (χ0n) is 17.6. The molecule has 2 N–H and O–H groups in total. The first-order valence-electron chi connectivity index (χ1n) is 9.33. The summed E-state index contributed by atoms with van der Waals surface area (Å²) < 4.78 is 11.0. The Labute approximate surface area is 166 Å². The van der Waals surface area contributed by atoms with Crippen LogP contribution in [0.3, 0.4) is 0 Å². The number of carbonyl (C=O) groups is 2. The molecule has 1 saturated heterocycles. The predicted octanol–water partition coefficient (Wildman–Crippen LogP) is 2.87. The van der Waals surface area contributed by atoms with Gasteiger partial charge in [0.15, 0.2) is 0 Å². The van der Waals surface area contributed by atoms with E-state index in [4.69, 9.17) is 15.2 Å². The molecule has 2 heterocycles. The maximum Gasteiger partial charge on any atom is 0.429 e. The Balaban J connectivity index is 2.23. The maximum atomic E-state index is 12.7. The van der Waals surface area contributed by atoms with Crippen molar-refractivity contribution < 1.29 is 19.1 Å². The molecule has 0 spiro atoms. The van der Waals surface area contributed by atoms with Gasteiger partial charge in [0.2, 0.25) is 0 Å². The Morgan fingerprint density at radius 3 is 1.71 bits per heavy atom. The van der Waals surface area contributed by atoms with Crippen LogP contribution in [0, 0.1) is 0 Å². The lowest BCUT2D eigenvalue weighted by Crippen LogP contribution is -2.53. The lowest BCUT2D eigenvalue weighted by Gasteiger charge is -2.35. The molecule has 1 aromatic heterocycles. The van der Waals surface area contributed by atoms with Crippen molar-refractivity contribution in [1.29, 1.82) is 0 Å². The highest BCUT2D eigenvalue weighted by Crippen LogP contribution is 2.20. The Morgan fingerprint density at radius 1 is 0.893 bits per heavy atom. The van der Waals surface area contributed by atoms with Crippen LogP contribution < -0.4 is 10.6 Å². The van der Waals surface area contributed by atoms with E-state index in [-0.39, 0.29) is 13.1 Å². The number of nitrogens with zero attached hydrogens (tertiary/aromatic N) is 4. The van der Waals surface area contributed by atoms with Crippen molar-refractivity contribution in [2.24, 2.45) is 0 Å².